The summed E-state index contributed by atoms with van der Waals surface area (Å²) >= 11 is 0. The van der Waals surface area contributed by atoms with Crippen molar-refractivity contribution in [3.8, 4) is 5.75 Å². The van der Waals surface area contributed by atoms with Gasteiger partial charge in [-0.1, -0.05) is 0 Å². The third-order valence-corrected chi connectivity index (χ3v) is 3.30. The Bertz CT molecular complexity index is 447. The molecular formula is C13H17NO2. The van der Waals surface area contributed by atoms with Crippen molar-refractivity contribution in [3.05, 3.63) is 28.8 Å². The molecule has 2 rings (SSSR count). The summed E-state index contributed by atoms with van der Waals surface area (Å²) in [6, 6.07) is 3.78. The maximum atomic E-state index is 12.2. The zero-order valence-electron chi connectivity index (χ0n) is 9.96. The zero-order chi connectivity index (χ0) is 11.9. The van der Waals surface area contributed by atoms with Gasteiger partial charge in [-0.3, -0.25) is 4.79 Å². The fourth-order valence-electron chi connectivity index (χ4n) is 1.77. The van der Waals surface area contributed by atoms with E-state index in [1.807, 2.05) is 26.0 Å². The molecule has 3 nitrogen and oxygen atoms in total. The van der Waals surface area contributed by atoms with Gasteiger partial charge in [-0.2, -0.15) is 0 Å². The van der Waals surface area contributed by atoms with Crippen molar-refractivity contribution in [2.45, 2.75) is 32.2 Å². The van der Waals surface area contributed by atoms with Gasteiger partial charge in [0.1, 0.15) is 5.75 Å². The molecule has 0 unspecified atom stereocenters. The van der Waals surface area contributed by atoms with Crippen LogP contribution in [-0.2, 0) is 0 Å². The van der Waals surface area contributed by atoms with Gasteiger partial charge in [0.05, 0.1) is 18.2 Å². The number of ketones is 1. The van der Waals surface area contributed by atoms with Crippen LogP contribution in [0.15, 0.2) is 12.1 Å². The first-order valence-corrected chi connectivity index (χ1v) is 5.47. The van der Waals surface area contributed by atoms with Crippen LogP contribution >= 0.6 is 0 Å². The Morgan fingerprint density at radius 3 is 2.38 bits per heavy atom. The van der Waals surface area contributed by atoms with Crippen molar-refractivity contribution in [1.29, 1.82) is 0 Å². The maximum absolute atomic E-state index is 12.2. The molecule has 0 aliphatic heterocycles. The second kappa shape index (κ2) is 3.59. The fourth-order valence-corrected chi connectivity index (χ4v) is 1.77. The van der Waals surface area contributed by atoms with Crippen molar-refractivity contribution >= 4 is 5.78 Å². The first kappa shape index (κ1) is 11.1. The summed E-state index contributed by atoms with van der Waals surface area (Å²) in [5.74, 6) is 0.636. The summed E-state index contributed by atoms with van der Waals surface area (Å²) in [6.45, 7) is 3.99. The van der Waals surface area contributed by atoms with Gasteiger partial charge in [0.2, 0.25) is 0 Å². The first-order valence-electron chi connectivity index (χ1n) is 5.47. The van der Waals surface area contributed by atoms with Crippen molar-refractivity contribution in [1.82, 2.24) is 0 Å². The van der Waals surface area contributed by atoms with E-state index in [2.05, 4.69) is 0 Å². The molecule has 1 aliphatic carbocycles. The van der Waals surface area contributed by atoms with Crippen LogP contribution in [0.5, 0.6) is 5.75 Å². The lowest BCUT2D eigenvalue weighted by molar-refractivity contribution is 0.0946. The van der Waals surface area contributed by atoms with Crippen LogP contribution in [0.25, 0.3) is 0 Å². The number of methoxy groups -OCH3 is 1. The highest BCUT2D eigenvalue weighted by Gasteiger charge is 2.46. The Kier molecular flexibility index (Phi) is 2.50. The Hall–Kier alpha value is -1.35. The minimum Gasteiger partial charge on any atom is -0.496 e. The summed E-state index contributed by atoms with van der Waals surface area (Å²) < 4.78 is 5.25. The molecule has 16 heavy (non-hydrogen) atoms. The Morgan fingerprint density at radius 2 is 1.88 bits per heavy atom. The molecule has 86 valence electrons. The van der Waals surface area contributed by atoms with E-state index >= 15 is 0 Å². The van der Waals surface area contributed by atoms with E-state index in [9.17, 15) is 4.79 Å². The second-order valence-corrected chi connectivity index (χ2v) is 4.62. The second-order valence-electron chi connectivity index (χ2n) is 4.62. The van der Waals surface area contributed by atoms with Crippen molar-refractivity contribution < 1.29 is 9.53 Å². The molecule has 1 aromatic carbocycles. The number of hydrogen-bond donors (Lipinski definition) is 1. The molecular weight excluding hydrogens is 202 g/mol. The molecule has 0 saturated heterocycles. The largest absolute Gasteiger partial charge is 0.496 e. The average molecular weight is 219 g/mol. The van der Waals surface area contributed by atoms with E-state index < -0.39 is 5.54 Å². The molecule has 2 N–H and O–H groups in total. The smallest absolute Gasteiger partial charge is 0.186 e. The Morgan fingerprint density at radius 1 is 1.31 bits per heavy atom. The van der Waals surface area contributed by atoms with Crippen LogP contribution in [0.4, 0.5) is 0 Å². The van der Waals surface area contributed by atoms with Gasteiger partial charge in [-0.25, -0.2) is 0 Å². The highest BCUT2D eigenvalue weighted by atomic mass is 16.5. The average Bonchev–Trinajstić information content (AvgIpc) is 3.00. The van der Waals surface area contributed by atoms with Gasteiger partial charge < -0.3 is 10.5 Å². The van der Waals surface area contributed by atoms with Gasteiger partial charge in [0.15, 0.2) is 5.78 Å². The minimum absolute atomic E-state index is 0.00690. The normalized spacial score (nSPS) is 17.0. The molecule has 1 fully saturated rings. The number of carbonyl (C=O) groups is 1. The summed E-state index contributed by atoms with van der Waals surface area (Å²) in [4.78, 5) is 12.2. The number of hydrogen-bond acceptors (Lipinski definition) is 3. The highest BCUT2D eigenvalue weighted by Crippen LogP contribution is 2.38. The molecule has 0 amide bonds. The van der Waals surface area contributed by atoms with Crippen LogP contribution in [-0.4, -0.2) is 18.4 Å². The standard InChI is InChI=1S/C13H17NO2/c1-8-6-10(11(16-3)7-9(8)2)12(15)13(14)4-5-13/h6-7H,4-5,14H2,1-3H3. The molecule has 1 saturated carbocycles. The first-order chi connectivity index (χ1) is 7.48. The summed E-state index contributed by atoms with van der Waals surface area (Å²) in [5.41, 5.74) is 8.13. The lowest BCUT2D eigenvalue weighted by Gasteiger charge is -2.13. The number of rotatable bonds is 3. The molecule has 3 heteroatoms. The topological polar surface area (TPSA) is 52.3 Å². The SMILES string of the molecule is COc1cc(C)c(C)cc1C(=O)C1(N)CC1. The third kappa shape index (κ3) is 1.71. The van der Waals surface area contributed by atoms with Crippen molar-refractivity contribution in [3.63, 3.8) is 0 Å². The van der Waals surface area contributed by atoms with E-state index in [1.165, 1.54) is 0 Å². The Labute approximate surface area is 95.6 Å². The molecule has 0 spiro atoms. The number of nitrogens with two attached hydrogens (primary N) is 1. The highest BCUT2D eigenvalue weighted by molar-refractivity contribution is 6.07. The number of benzene rings is 1. The molecule has 0 heterocycles. The van der Waals surface area contributed by atoms with Gasteiger partial charge in [-0.05, 0) is 49.9 Å². The number of Topliss-reactive ketones (excluding diaryl/α,β-unsaturated/α-hetero) is 1. The predicted octanol–water partition coefficient (Wildman–Crippen LogP) is 1.99. The van der Waals surface area contributed by atoms with Crippen LogP contribution in [0, 0.1) is 13.8 Å². The van der Waals surface area contributed by atoms with Crippen molar-refractivity contribution in [2.24, 2.45) is 5.73 Å². The van der Waals surface area contributed by atoms with Gasteiger partial charge in [-0.15, -0.1) is 0 Å². The fraction of sp³-hybridized carbons (Fsp3) is 0.462. The monoisotopic (exact) mass is 219 g/mol. The van der Waals surface area contributed by atoms with E-state index in [1.54, 1.807) is 7.11 Å². The van der Waals surface area contributed by atoms with E-state index in [4.69, 9.17) is 10.5 Å². The lowest BCUT2D eigenvalue weighted by atomic mass is 9.97. The molecule has 0 radical (unpaired) electrons. The maximum Gasteiger partial charge on any atom is 0.186 e. The van der Waals surface area contributed by atoms with E-state index in [0.717, 1.165) is 24.0 Å². The number of ether oxygens (including phenoxy) is 1. The van der Waals surface area contributed by atoms with Gasteiger partial charge in [0.25, 0.3) is 0 Å². The van der Waals surface area contributed by atoms with Crippen LogP contribution in [0.1, 0.15) is 34.3 Å². The summed E-state index contributed by atoms with van der Waals surface area (Å²) in [5, 5.41) is 0. The predicted molar refractivity (Wildman–Crippen MR) is 63.0 cm³/mol. The van der Waals surface area contributed by atoms with Crippen LogP contribution in [0.2, 0.25) is 0 Å². The summed E-state index contributed by atoms with van der Waals surface area (Å²) in [7, 11) is 1.58. The number of carbonyl (C=O) groups excluding carboxylic acids is 1. The zero-order valence-corrected chi connectivity index (χ0v) is 9.96. The Balaban J connectivity index is 2.47. The van der Waals surface area contributed by atoms with Crippen molar-refractivity contribution in [2.75, 3.05) is 7.11 Å². The molecule has 1 aromatic rings. The lowest BCUT2D eigenvalue weighted by Crippen LogP contribution is -2.33. The molecule has 0 aromatic heterocycles. The molecule has 0 bridgehead atoms. The van der Waals surface area contributed by atoms with Gasteiger partial charge >= 0.3 is 0 Å². The number of aryl methyl sites for hydroxylation is 2. The third-order valence-electron chi connectivity index (χ3n) is 3.30. The van der Waals surface area contributed by atoms with Crippen LogP contribution < -0.4 is 10.5 Å². The van der Waals surface area contributed by atoms with E-state index in [0.29, 0.717) is 11.3 Å². The van der Waals surface area contributed by atoms with Crippen LogP contribution in [0.3, 0.4) is 0 Å². The molecule has 0 atom stereocenters. The quantitative estimate of drug-likeness (QED) is 0.791. The van der Waals surface area contributed by atoms with Gasteiger partial charge in [0, 0.05) is 0 Å². The minimum atomic E-state index is -0.630. The molecule has 1 aliphatic rings. The summed E-state index contributed by atoms with van der Waals surface area (Å²) in [6.07, 6.45) is 1.56. The van der Waals surface area contributed by atoms with E-state index in [-0.39, 0.29) is 5.78 Å².